The van der Waals surface area contributed by atoms with Crippen molar-refractivity contribution in [3.8, 4) is 11.5 Å². The smallest absolute Gasteiger partial charge is 0.317 e. The Morgan fingerprint density at radius 3 is 2.76 bits per heavy atom. The highest BCUT2D eigenvalue weighted by atomic mass is 16.5. The van der Waals surface area contributed by atoms with Gasteiger partial charge in [-0.05, 0) is 100 Å². The number of likely N-dealkylation sites (N-methyl/N-ethyl adjacent to an activating group) is 2. The molecule has 1 aromatic heterocycles. The van der Waals surface area contributed by atoms with Crippen LogP contribution in [0.25, 0.3) is 16.5 Å². The number of carbonyl (C=O) groups is 2. The van der Waals surface area contributed by atoms with Crippen LogP contribution in [-0.4, -0.2) is 101 Å². The van der Waals surface area contributed by atoms with Crippen LogP contribution in [0.2, 0.25) is 0 Å². The Labute approximate surface area is 270 Å². The monoisotopic (exact) mass is 623 g/mol. The van der Waals surface area contributed by atoms with Crippen LogP contribution in [0.3, 0.4) is 0 Å². The van der Waals surface area contributed by atoms with E-state index in [0.717, 1.165) is 57.4 Å². The number of ether oxygens (including phenoxy) is 1. The number of amides is 2. The molecule has 242 valence electrons. The van der Waals surface area contributed by atoms with Gasteiger partial charge in [-0.25, -0.2) is 4.79 Å². The maximum Gasteiger partial charge on any atom is 0.317 e. The lowest BCUT2D eigenvalue weighted by molar-refractivity contribution is -0.138. The van der Waals surface area contributed by atoms with Gasteiger partial charge in [0.2, 0.25) is 0 Å². The fourth-order valence-corrected chi connectivity index (χ4v) is 9.82. The predicted molar refractivity (Wildman–Crippen MR) is 178 cm³/mol. The summed E-state index contributed by atoms with van der Waals surface area (Å²) < 4.78 is 6.04. The van der Waals surface area contributed by atoms with E-state index in [-0.39, 0.29) is 35.1 Å². The van der Waals surface area contributed by atoms with E-state index in [1.165, 1.54) is 33.2 Å². The largest absolute Gasteiger partial charge is 0.504 e. The molecule has 0 radical (unpaired) electrons. The molecule has 9 rings (SSSR count). The minimum Gasteiger partial charge on any atom is -0.504 e. The third-order valence-corrected chi connectivity index (χ3v) is 12.0. The number of Topliss-reactive ketones (excluding diaryl/α,β-unsaturated/α-hetero) is 1. The average molecular weight is 624 g/mol. The van der Waals surface area contributed by atoms with Crippen molar-refractivity contribution in [2.45, 2.75) is 75.6 Å². The number of aromatic nitrogens is 1. The number of carbonyl (C=O) groups excluding carboxylic acids is 2. The molecule has 6 atom stereocenters. The van der Waals surface area contributed by atoms with E-state index < -0.39 is 0 Å². The third kappa shape index (κ3) is 4.20. The number of phenolic OH excluding ortho intramolecular Hbond substituents is 1. The Kier molecular flexibility index (Phi) is 6.99. The van der Waals surface area contributed by atoms with Gasteiger partial charge in [0.05, 0.1) is 6.04 Å². The van der Waals surface area contributed by atoms with Gasteiger partial charge in [0.25, 0.3) is 0 Å². The Hall–Kier alpha value is -3.82. The van der Waals surface area contributed by atoms with Gasteiger partial charge in [0.15, 0.2) is 23.4 Å². The fraction of sp³-hybridized carbons (Fsp3) is 0.514. The molecule has 1 saturated heterocycles. The van der Waals surface area contributed by atoms with E-state index in [1.807, 2.05) is 24.8 Å². The van der Waals surface area contributed by atoms with Crippen LogP contribution in [0, 0.1) is 5.92 Å². The van der Waals surface area contributed by atoms with Crippen LogP contribution in [0.1, 0.15) is 55.4 Å². The molecule has 9 nitrogen and oxygen atoms in total. The van der Waals surface area contributed by atoms with Crippen LogP contribution in [-0.2, 0) is 23.1 Å². The second-order valence-electron chi connectivity index (χ2n) is 14.2. The van der Waals surface area contributed by atoms with Crippen LogP contribution in [0.4, 0.5) is 4.79 Å². The van der Waals surface area contributed by atoms with Gasteiger partial charge in [-0.15, -0.1) is 0 Å². The number of ketones is 1. The summed E-state index contributed by atoms with van der Waals surface area (Å²) in [5.74, 6) is 1.50. The molecule has 3 aliphatic heterocycles. The number of H-pyrrole nitrogens is 1. The molecule has 4 heterocycles. The molecule has 1 spiro atoms. The molecular weight excluding hydrogens is 578 g/mol. The highest BCUT2D eigenvalue weighted by Gasteiger charge is 2.65. The predicted octanol–water partition coefficient (Wildman–Crippen LogP) is 4.47. The van der Waals surface area contributed by atoms with Crippen LogP contribution in [0.15, 0.2) is 42.6 Å². The number of fused-ring (bicyclic) bond motifs is 2. The van der Waals surface area contributed by atoms with Crippen molar-refractivity contribution in [1.29, 1.82) is 0 Å². The molecule has 3 aliphatic carbocycles. The SMILES string of the molecule is CCN(CC)C(=O)N[C@H]1C=C2c3cccc4[nH]cc(c34)C[C@H]2N(C)C1.CN1CC[C@]23c4c5ccc(O)c4O[C@H]2C(=O)CC[C@H]3[C@H]1C5. The zero-order chi connectivity index (χ0) is 31.9. The Bertz CT molecular complexity index is 1760. The zero-order valence-corrected chi connectivity index (χ0v) is 27.3. The maximum atomic E-state index is 12.5. The number of phenols is 1. The zero-order valence-electron chi connectivity index (χ0n) is 27.3. The van der Waals surface area contributed by atoms with Crippen molar-refractivity contribution in [2.75, 3.05) is 40.3 Å². The quantitative estimate of drug-likeness (QED) is 0.398. The second-order valence-corrected chi connectivity index (χ2v) is 14.2. The van der Waals surface area contributed by atoms with Crippen molar-refractivity contribution >= 4 is 28.3 Å². The number of likely N-dealkylation sites (tertiary alicyclic amines) is 1. The Morgan fingerprint density at radius 1 is 1.13 bits per heavy atom. The maximum absolute atomic E-state index is 12.5. The van der Waals surface area contributed by atoms with Crippen molar-refractivity contribution < 1.29 is 19.4 Å². The molecular formula is C37H45N5O4. The number of urea groups is 1. The van der Waals surface area contributed by atoms with E-state index in [2.05, 4.69) is 64.7 Å². The molecule has 3 N–H and O–H groups in total. The van der Waals surface area contributed by atoms with Crippen molar-refractivity contribution in [2.24, 2.45) is 5.92 Å². The number of aromatic hydroxyl groups is 1. The minimum atomic E-state index is -0.366. The number of piperidine rings is 1. The van der Waals surface area contributed by atoms with Gasteiger partial charge in [0.1, 0.15) is 0 Å². The van der Waals surface area contributed by atoms with Gasteiger partial charge in [0, 0.05) is 66.2 Å². The average Bonchev–Trinajstić information content (AvgIpc) is 3.63. The van der Waals surface area contributed by atoms with Gasteiger partial charge < -0.3 is 29.9 Å². The highest BCUT2D eigenvalue weighted by Crippen LogP contribution is 2.62. The van der Waals surface area contributed by atoms with Gasteiger partial charge in [-0.2, -0.15) is 0 Å². The van der Waals surface area contributed by atoms with Crippen LogP contribution < -0.4 is 10.1 Å². The summed E-state index contributed by atoms with van der Waals surface area (Å²) in [4.78, 5) is 35.0. The lowest BCUT2D eigenvalue weighted by atomic mass is 9.52. The number of rotatable bonds is 3. The number of nitrogens with zero attached hydrogens (tertiary/aromatic N) is 3. The van der Waals surface area contributed by atoms with Gasteiger partial charge in [-0.3, -0.25) is 9.69 Å². The number of benzene rings is 2. The van der Waals surface area contributed by atoms with E-state index in [9.17, 15) is 14.7 Å². The fourth-order valence-electron chi connectivity index (χ4n) is 9.82. The van der Waals surface area contributed by atoms with E-state index in [0.29, 0.717) is 30.2 Å². The Morgan fingerprint density at radius 2 is 1.96 bits per heavy atom. The molecule has 2 aromatic carbocycles. The summed E-state index contributed by atoms with van der Waals surface area (Å²) in [5.41, 5.74) is 7.50. The lowest BCUT2D eigenvalue weighted by Gasteiger charge is -2.57. The molecule has 0 unspecified atom stereocenters. The first-order valence-electron chi connectivity index (χ1n) is 17.1. The normalized spacial score (nSPS) is 30.4. The van der Waals surface area contributed by atoms with Gasteiger partial charge >= 0.3 is 6.03 Å². The second kappa shape index (κ2) is 10.9. The molecule has 9 heteroatoms. The summed E-state index contributed by atoms with van der Waals surface area (Å²) in [6.45, 7) is 7.34. The number of hydrogen-bond donors (Lipinski definition) is 3. The van der Waals surface area contributed by atoms with Crippen LogP contribution in [0.5, 0.6) is 11.5 Å². The third-order valence-electron chi connectivity index (χ3n) is 12.0. The summed E-state index contributed by atoms with van der Waals surface area (Å²) in [5, 5.41) is 14.7. The number of hydrogen-bond acceptors (Lipinski definition) is 6. The highest BCUT2D eigenvalue weighted by molar-refractivity contribution is 5.98. The minimum absolute atomic E-state index is 0.0232. The first-order valence-corrected chi connectivity index (χ1v) is 17.1. The molecule has 46 heavy (non-hydrogen) atoms. The first kappa shape index (κ1) is 29.6. The van der Waals surface area contributed by atoms with Crippen LogP contribution >= 0.6 is 0 Å². The molecule has 2 bridgehead atoms. The molecule has 1 saturated carbocycles. The van der Waals surface area contributed by atoms with Crippen molar-refractivity contribution in [3.63, 3.8) is 0 Å². The number of nitrogens with one attached hydrogen (secondary N) is 2. The molecule has 2 fully saturated rings. The van der Waals surface area contributed by atoms with Crippen molar-refractivity contribution in [3.05, 3.63) is 64.9 Å². The topological polar surface area (TPSA) is 101 Å². The molecule has 2 amide bonds. The Balaban J connectivity index is 0.000000137. The summed E-state index contributed by atoms with van der Waals surface area (Å²) in [6, 6.07) is 11.2. The number of aromatic amines is 1. The molecule has 3 aromatic rings. The van der Waals surface area contributed by atoms with E-state index in [4.69, 9.17) is 4.74 Å². The summed E-state index contributed by atoms with van der Waals surface area (Å²) in [7, 11) is 4.36. The summed E-state index contributed by atoms with van der Waals surface area (Å²) >= 11 is 0. The van der Waals surface area contributed by atoms with Gasteiger partial charge in [-0.1, -0.05) is 24.3 Å². The standard InChI is InChI=1S/C20H26N4O.C17H19NO3/c1-4-24(5-2)20(25)22-14-10-16-15-7-6-8-17-19(15)13(11-21-17)9-18(16)23(3)12-14;1-18-7-6-17-10-3-5-13(20)16(17)21-15-12(19)4-2-9(14(15)17)8-11(10)18/h6-8,10-11,14,18,21H,4-5,9,12H2,1-3H3,(H,22,25);2,4,10-11,16,19H,3,5-8H2,1H3/t14-,18+;10-,11+,16-,17-/m00/s1. The lowest BCUT2D eigenvalue weighted by Crippen LogP contribution is -2.65. The first-order chi connectivity index (χ1) is 22.2. The van der Waals surface area contributed by atoms with Crippen molar-refractivity contribution in [1.82, 2.24) is 25.0 Å². The van der Waals surface area contributed by atoms with E-state index in [1.54, 1.807) is 6.07 Å². The molecule has 6 aliphatic rings. The van der Waals surface area contributed by atoms with E-state index >= 15 is 0 Å². The summed E-state index contributed by atoms with van der Waals surface area (Å²) in [6.07, 6.45) is 8.63.